The molecule has 72 valence electrons. The van der Waals surface area contributed by atoms with E-state index in [1.807, 2.05) is 13.0 Å². The molecule has 0 aliphatic heterocycles. The lowest BCUT2D eigenvalue weighted by atomic mass is 9.94. The van der Waals surface area contributed by atoms with Crippen molar-refractivity contribution in [2.45, 2.75) is 32.7 Å². The molecule has 2 heteroatoms. The predicted octanol–water partition coefficient (Wildman–Crippen LogP) is 2.97. The Morgan fingerprint density at radius 2 is 1.77 bits per heavy atom. The van der Waals surface area contributed by atoms with Crippen LogP contribution in [0.1, 0.15) is 43.9 Å². The van der Waals surface area contributed by atoms with Crippen molar-refractivity contribution in [2.75, 3.05) is 0 Å². The van der Waals surface area contributed by atoms with Crippen molar-refractivity contribution >= 4 is 0 Å². The molecule has 1 unspecified atom stereocenters. The normalized spacial score (nSPS) is 13.4. The molecule has 0 spiro atoms. The summed E-state index contributed by atoms with van der Waals surface area (Å²) < 4.78 is 12.9. The lowest BCUT2D eigenvalue weighted by Crippen LogP contribution is -2.09. The van der Waals surface area contributed by atoms with Crippen LogP contribution in [-0.2, 0) is 0 Å². The quantitative estimate of drug-likeness (QED) is 0.745. The van der Waals surface area contributed by atoms with Gasteiger partial charge in [-0.3, -0.25) is 0 Å². The van der Waals surface area contributed by atoms with Gasteiger partial charge < -0.3 is 5.73 Å². The molecule has 13 heavy (non-hydrogen) atoms. The van der Waals surface area contributed by atoms with Crippen molar-refractivity contribution in [3.8, 4) is 0 Å². The topological polar surface area (TPSA) is 26.0 Å². The maximum Gasteiger partial charge on any atom is 0.123 e. The highest BCUT2D eigenvalue weighted by molar-refractivity contribution is 5.32. The summed E-state index contributed by atoms with van der Waals surface area (Å²) in [5, 5.41) is 0. The number of nitrogens with two attached hydrogens (primary N) is 1. The molecule has 0 heterocycles. The van der Waals surface area contributed by atoms with Gasteiger partial charge in [-0.1, -0.05) is 19.9 Å². The fourth-order valence-electron chi connectivity index (χ4n) is 1.47. The Balaban J connectivity index is 3.19. The van der Waals surface area contributed by atoms with Crippen molar-refractivity contribution in [1.29, 1.82) is 0 Å². The zero-order valence-electron chi connectivity index (χ0n) is 8.34. The van der Waals surface area contributed by atoms with Crippen LogP contribution >= 0.6 is 0 Å². The van der Waals surface area contributed by atoms with Crippen molar-refractivity contribution < 1.29 is 4.39 Å². The molecule has 0 saturated heterocycles. The number of rotatable bonds is 2. The van der Waals surface area contributed by atoms with E-state index in [0.29, 0.717) is 5.92 Å². The maximum absolute atomic E-state index is 12.9. The highest BCUT2D eigenvalue weighted by atomic mass is 19.1. The van der Waals surface area contributed by atoms with Crippen LogP contribution < -0.4 is 5.73 Å². The van der Waals surface area contributed by atoms with Gasteiger partial charge in [0.15, 0.2) is 0 Å². The minimum atomic E-state index is -0.211. The fourth-order valence-corrected chi connectivity index (χ4v) is 1.47. The first kappa shape index (κ1) is 10.2. The first-order valence-electron chi connectivity index (χ1n) is 4.57. The molecule has 0 aromatic heterocycles. The summed E-state index contributed by atoms with van der Waals surface area (Å²) in [4.78, 5) is 0. The summed E-state index contributed by atoms with van der Waals surface area (Å²) in [6.07, 6.45) is 0. The van der Waals surface area contributed by atoms with Crippen LogP contribution in [0.3, 0.4) is 0 Å². The van der Waals surface area contributed by atoms with Crippen LogP contribution in [0, 0.1) is 5.82 Å². The van der Waals surface area contributed by atoms with Gasteiger partial charge in [0.1, 0.15) is 5.82 Å². The van der Waals surface area contributed by atoms with Crippen LogP contribution in [0.15, 0.2) is 18.2 Å². The van der Waals surface area contributed by atoms with Gasteiger partial charge in [-0.2, -0.15) is 0 Å². The van der Waals surface area contributed by atoms with Crippen LogP contribution in [-0.4, -0.2) is 0 Å². The Bertz CT molecular complexity index is 292. The Morgan fingerprint density at radius 1 is 1.15 bits per heavy atom. The van der Waals surface area contributed by atoms with E-state index in [0.717, 1.165) is 11.1 Å². The highest BCUT2D eigenvalue weighted by Crippen LogP contribution is 2.24. The maximum atomic E-state index is 12.9. The number of hydrogen-bond donors (Lipinski definition) is 1. The molecule has 0 bridgehead atoms. The lowest BCUT2D eigenvalue weighted by molar-refractivity contribution is 0.618. The molecule has 0 fully saturated rings. The summed E-state index contributed by atoms with van der Waals surface area (Å²) in [6.45, 7) is 6.04. The van der Waals surface area contributed by atoms with Gasteiger partial charge in [0.2, 0.25) is 0 Å². The van der Waals surface area contributed by atoms with Crippen molar-refractivity contribution in [1.82, 2.24) is 0 Å². The summed E-state index contributed by atoms with van der Waals surface area (Å²) in [5.74, 6) is 0.179. The van der Waals surface area contributed by atoms with Crippen LogP contribution in [0.25, 0.3) is 0 Å². The van der Waals surface area contributed by atoms with E-state index >= 15 is 0 Å². The molecule has 1 rings (SSSR count). The third-order valence-electron chi connectivity index (χ3n) is 2.16. The number of benzene rings is 1. The fraction of sp³-hybridized carbons (Fsp3) is 0.455. The second-order valence-corrected chi connectivity index (χ2v) is 3.72. The summed E-state index contributed by atoms with van der Waals surface area (Å²) >= 11 is 0. The molecule has 2 N–H and O–H groups in total. The molecular formula is C11H16FN. The molecule has 0 radical (unpaired) electrons. The van der Waals surface area contributed by atoms with Crippen molar-refractivity contribution in [3.05, 3.63) is 35.1 Å². The average Bonchev–Trinajstić information content (AvgIpc) is 2.03. The highest BCUT2D eigenvalue weighted by Gasteiger charge is 2.10. The molecule has 1 nitrogen and oxygen atoms in total. The van der Waals surface area contributed by atoms with E-state index in [4.69, 9.17) is 5.73 Å². The van der Waals surface area contributed by atoms with Crippen LogP contribution in [0.4, 0.5) is 4.39 Å². The van der Waals surface area contributed by atoms with Gasteiger partial charge in [0.25, 0.3) is 0 Å². The van der Waals surface area contributed by atoms with Gasteiger partial charge in [-0.15, -0.1) is 0 Å². The molecule has 0 saturated carbocycles. The van der Waals surface area contributed by atoms with Crippen molar-refractivity contribution in [2.24, 2.45) is 5.73 Å². The number of hydrogen-bond acceptors (Lipinski definition) is 1. The SMILES string of the molecule is CC(C)c1ccc(F)cc1C(C)N. The minimum absolute atomic E-state index is 0.104. The monoisotopic (exact) mass is 181 g/mol. The van der Waals surface area contributed by atoms with Gasteiger partial charge in [0, 0.05) is 6.04 Å². The largest absolute Gasteiger partial charge is 0.324 e. The Morgan fingerprint density at radius 3 is 2.23 bits per heavy atom. The number of halogens is 1. The van der Waals surface area contributed by atoms with Gasteiger partial charge in [-0.05, 0) is 36.1 Å². The summed E-state index contributed by atoms with van der Waals surface area (Å²) in [5.41, 5.74) is 7.80. The van der Waals surface area contributed by atoms with Crippen LogP contribution in [0.2, 0.25) is 0 Å². The Hall–Kier alpha value is -0.890. The smallest absolute Gasteiger partial charge is 0.123 e. The first-order valence-corrected chi connectivity index (χ1v) is 4.57. The van der Waals surface area contributed by atoms with Gasteiger partial charge in [-0.25, -0.2) is 4.39 Å². The third-order valence-corrected chi connectivity index (χ3v) is 2.16. The molecule has 1 atom stereocenters. The zero-order chi connectivity index (χ0) is 10.0. The summed E-state index contributed by atoms with van der Waals surface area (Å²) in [7, 11) is 0. The molecule has 1 aromatic carbocycles. The molecule has 1 aromatic rings. The van der Waals surface area contributed by atoms with E-state index in [1.165, 1.54) is 12.1 Å². The molecule has 0 aliphatic rings. The molecule has 0 aliphatic carbocycles. The second-order valence-electron chi connectivity index (χ2n) is 3.72. The van der Waals surface area contributed by atoms with E-state index < -0.39 is 0 Å². The van der Waals surface area contributed by atoms with E-state index in [1.54, 1.807) is 0 Å². The minimum Gasteiger partial charge on any atom is -0.324 e. The molecular weight excluding hydrogens is 165 g/mol. The standard InChI is InChI=1S/C11H16FN/c1-7(2)10-5-4-9(12)6-11(10)8(3)13/h4-8H,13H2,1-3H3. The van der Waals surface area contributed by atoms with Gasteiger partial charge in [0.05, 0.1) is 0 Å². The van der Waals surface area contributed by atoms with E-state index in [-0.39, 0.29) is 11.9 Å². The average molecular weight is 181 g/mol. The van der Waals surface area contributed by atoms with E-state index in [2.05, 4.69) is 13.8 Å². The third kappa shape index (κ3) is 2.28. The first-order chi connectivity index (χ1) is 6.02. The van der Waals surface area contributed by atoms with Crippen molar-refractivity contribution in [3.63, 3.8) is 0 Å². The van der Waals surface area contributed by atoms with E-state index in [9.17, 15) is 4.39 Å². The summed E-state index contributed by atoms with van der Waals surface area (Å²) in [6, 6.07) is 4.73. The van der Waals surface area contributed by atoms with Crippen LogP contribution in [0.5, 0.6) is 0 Å². The lowest BCUT2D eigenvalue weighted by Gasteiger charge is -2.15. The second kappa shape index (κ2) is 3.88. The van der Waals surface area contributed by atoms with Gasteiger partial charge >= 0.3 is 0 Å². The Labute approximate surface area is 78.8 Å². The predicted molar refractivity (Wildman–Crippen MR) is 53.1 cm³/mol. The Kier molecular flexibility index (Phi) is 3.04. The molecule has 0 amide bonds. The zero-order valence-corrected chi connectivity index (χ0v) is 8.34.